The van der Waals surface area contributed by atoms with Gasteiger partial charge in [-0.3, -0.25) is 4.90 Å². The molecule has 20 heavy (non-hydrogen) atoms. The Labute approximate surface area is 121 Å². The number of piperidine rings is 1. The minimum atomic E-state index is 0.742. The summed E-state index contributed by atoms with van der Waals surface area (Å²) in [6.07, 6.45) is 7.06. The Morgan fingerprint density at radius 2 is 2.10 bits per heavy atom. The Bertz CT molecular complexity index is 406. The van der Waals surface area contributed by atoms with Crippen molar-refractivity contribution in [2.75, 3.05) is 26.8 Å². The second kappa shape index (κ2) is 6.74. The average Bonchev–Trinajstić information content (AvgIpc) is 3.19. The molecule has 1 aromatic rings. The van der Waals surface area contributed by atoms with Gasteiger partial charge >= 0.3 is 0 Å². The van der Waals surface area contributed by atoms with Crippen LogP contribution in [0.1, 0.15) is 37.0 Å². The van der Waals surface area contributed by atoms with Gasteiger partial charge in [-0.1, -0.05) is 0 Å². The maximum atomic E-state index is 5.69. The number of nitrogens with zero attached hydrogens (tertiary/aromatic N) is 1. The van der Waals surface area contributed by atoms with Crippen LogP contribution in [0.3, 0.4) is 0 Å². The maximum Gasteiger partial charge on any atom is 0.118 e. The summed E-state index contributed by atoms with van der Waals surface area (Å²) in [5, 5.41) is 3.52. The largest absolute Gasteiger partial charge is 0.468 e. The van der Waals surface area contributed by atoms with Crippen LogP contribution in [-0.2, 0) is 17.8 Å². The summed E-state index contributed by atoms with van der Waals surface area (Å²) in [6, 6.07) is 2.96. The number of methoxy groups -OCH3 is 1. The SMILES string of the molecule is COCC1CCN(Cc2cc(CNC3CC3)co2)CC1. The number of hydrogen-bond donors (Lipinski definition) is 1. The van der Waals surface area contributed by atoms with Crippen molar-refractivity contribution in [3.63, 3.8) is 0 Å². The number of likely N-dealkylation sites (tertiary alicyclic amines) is 1. The van der Waals surface area contributed by atoms with Crippen molar-refractivity contribution in [3.05, 3.63) is 23.7 Å². The van der Waals surface area contributed by atoms with Gasteiger partial charge in [0.2, 0.25) is 0 Å². The first-order valence-electron chi connectivity index (χ1n) is 7.84. The third-order valence-corrected chi connectivity index (χ3v) is 4.37. The van der Waals surface area contributed by atoms with E-state index in [2.05, 4.69) is 16.3 Å². The van der Waals surface area contributed by atoms with Crippen LogP contribution in [0.25, 0.3) is 0 Å². The summed E-state index contributed by atoms with van der Waals surface area (Å²) >= 11 is 0. The molecule has 3 rings (SSSR count). The lowest BCUT2D eigenvalue weighted by Crippen LogP contribution is -2.34. The number of ether oxygens (including phenoxy) is 1. The lowest BCUT2D eigenvalue weighted by Gasteiger charge is -2.30. The van der Waals surface area contributed by atoms with E-state index in [0.717, 1.165) is 50.5 Å². The van der Waals surface area contributed by atoms with Gasteiger partial charge in [-0.25, -0.2) is 0 Å². The summed E-state index contributed by atoms with van der Waals surface area (Å²) in [5.74, 6) is 1.84. The lowest BCUT2D eigenvalue weighted by molar-refractivity contribution is 0.0939. The van der Waals surface area contributed by atoms with Crippen LogP contribution < -0.4 is 5.32 Å². The Morgan fingerprint density at radius 3 is 2.80 bits per heavy atom. The van der Waals surface area contributed by atoms with E-state index in [0.29, 0.717) is 0 Å². The van der Waals surface area contributed by atoms with Gasteiger partial charge in [0.15, 0.2) is 0 Å². The molecule has 1 N–H and O–H groups in total. The van der Waals surface area contributed by atoms with E-state index in [1.807, 2.05) is 6.26 Å². The van der Waals surface area contributed by atoms with Gasteiger partial charge in [0, 0.05) is 31.9 Å². The summed E-state index contributed by atoms with van der Waals surface area (Å²) in [5.41, 5.74) is 1.28. The van der Waals surface area contributed by atoms with Gasteiger partial charge in [0.1, 0.15) is 5.76 Å². The highest BCUT2D eigenvalue weighted by atomic mass is 16.5. The van der Waals surface area contributed by atoms with E-state index >= 15 is 0 Å². The molecule has 112 valence electrons. The quantitative estimate of drug-likeness (QED) is 0.831. The van der Waals surface area contributed by atoms with Crippen molar-refractivity contribution in [1.82, 2.24) is 10.2 Å². The summed E-state index contributed by atoms with van der Waals surface area (Å²) in [7, 11) is 1.80. The number of hydrogen-bond acceptors (Lipinski definition) is 4. The van der Waals surface area contributed by atoms with Crippen LogP contribution in [0.2, 0.25) is 0 Å². The molecule has 1 saturated carbocycles. The van der Waals surface area contributed by atoms with E-state index in [4.69, 9.17) is 9.15 Å². The highest BCUT2D eigenvalue weighted by molar-refractivity contribution is 5.13. The molecule has 0 bridgehead atoms. The van der Waals surface area contributed by atoms with Crippen molar-refractivity contribution in [2.24, 2.45) is 5.92 Å². The van der Waals surface area contributed by atoms with Crippen molar-refractivity contribution >= 4 is 0 Å². The fraction of sp³-hybridized carbons (Fsp3) is 0.750. The van der Waals surface area contributed by atoms with Crippen molar-refractivity contribution < 1.29 is 9.15 Å². The molecule has 0 atom stereocenters. The molecule has 2 aliphatic rings. The third kappa shape index (κ3) is 4.08. The molecule has 1 saturated heterocycles. The minimum Gasteiger partial charge on any atom is -0.468 e. The molecule has 1 aliphatic carbocycles. The van der Waals surface area contributed by atoms with E-state index in [1.165, 1.54) is 31.2 Å². The third-order valence-electron chi connectivity index (χ3n) is 4.37. The summed E-state index contributed by atoms with van der Waals surface area (Å²) < 4.78 is 10.9. The van der Waals surface area contributed by atoms with E-state index in [1.54, 1.807) is 7.11 Å². The van der Waals surface area contributed by atoms with Crippen LogP contribution in [0, 0.1) is 5.92 Å². The molecule has 4 heteroatoms. The van der Waals surface area contributed by atoms with Gasteiger partial charge in [-0.2, -0.15) is 0 Å². The molecule has 1 aliphatic heterocycles. The van der Waals surface area contributed by atoms with E-state index < -0.39 is 0 Å². The molecular formula is C16H26N2O2. The normalized spacial score (nSPS) is 21.4. The van der Waals surface area contributed by atoms with Gasteiger partial charge in [0.05, 0.1) is 12.8 Å². The predicted molar refractivity (Wildman–Crippen MR) is 78.4 cm³/mol. The monoisotopic (exact) mass is 278 g/mol. The molecule has 4 nitrogen and oxygen atoms in total. The van der Waals surface area contributed by atoms with Crippen LogP contribution in [0.4, 0.5) is 0 Å². The summed E-state index contributed by atoms with van der Waals surface area (Å²) in [4.78, 5) is 2.49. The number of furan rings is 1. The fourth-order valence-electron chi connectivity index (χ4n) is 2.92. The first-order chi connectivity index (χ1) is 9.83. The van der Waals surface area contributed by atoms with Crippen LogP contribution in [0.15, 0.2) is 16.7 Å². The number of rotatable bonds is 7. The predicted octanol–water partition coefficient (Wildman–Crippen LogP) is 2.39. The molecule has 1 aromatic heterocycles. The van der Waals surface area contributed by atoms with E-state index in [-0.39, 0.29) is 0 Å². The van der Waals surface area contributed by atoms with Crippen molar-refractivity contribution in [3.8, 4) is 0 Å². The topological polar surface area (TPSA) is 37.6 Å². The molecule has 2 heterocycles. The molecule has 0 unspecified atom stereocenters. The van der Waals surface area contributed by atoms with Crippen LogP contribution >= 0.6 is 0 Å². The van der Waals surface area contributed by atoms with Gasteiger partial charge in [0.25, 0.3) is 0 Å². The molecule has 0 spiro atoms. The lowest BCUT2D eigenvalue weighted by atomic mass is 9.98. The Morgan fingerprint density at radius 1 is 1.30 bits per heavy atom. The van der Waals surface area contributed by atoms with Crippen molar-refractivity contribution in [1.29, 1.82) is 0 Å². The molecule has 2 fully saturated rings. The maximum absolute atomic E-state index is 5.69. The zero-order valence-corrected chi connectivity index (χ0v) is 12.4. The Balaban J connectivity index is 1.41. The fourth-order valence-corrected chi connectivity index (χ4v) is 2.92. The Kier molecular flexibility index (Phi) is 4.76. The molecule has 0 radical (unpaired) electrons. The number of nitrogens with one attached hydrogen (secondary N) is 1. The average molecular weight is 278 g/mol. The smallest absolute Gasteiger partial charge is 0.118 e. The highest BCUT2D eigenvalue weighted by Gasteiger charge is 2.21. The van der Waals surface area contributed by atoms with Gasteiger partial charge in [-0.05, 0) is 50.8 Å². The summed E-state index contributed by atoms with van der Waals surface area (Å²) in [6.45, 7) is 5.12. The Hall–Kier alpha value is -0.840. The minimum absolute atomic E-state index is 0.742. The first-order valence-corrected chi connectivity index (χ1v) is 7.84. The first kappa shape index (κ1) is 14.1. The highest BCUT2D eigenvalue weighted by Crippen LogP contribution is 2.21. The van der Waals surface area contributed by atoms with Crippen LogP contribution in [-0.4, -0.2) is 37.7 Å². The van der Waals surface area contributed by atoms with Crippen LogP contribution in [0.5, 0.6) is 0 Å². The zero-order chi connectivity index (χ0) is 13.8. The van der Waals surface area contributed by atoms with E-state index in [9.17, 15) is 0 Å². The molecule has 0 amide bonds. The van der Waals surface area contributed by atoms with Gasteiger partial charge < -0.3 is 14.5 Å². The zero-order valence-electron chi connectivity index (χ0n) is 12.4. The molecule has 0 aromatic carbocycles. The second-order valence-electron chi connectivity index (χ2n) is 6.25. The van der Waals surface area contributed by atoms with Gasteiger partial charge in [-0.15, -0.1) is 0 Å². The van der Waals surface area contributed by atoms with Crippen molar-refractivity contribution in [2.45, 2.75) is 44.8 Å². The standard InChI is InChI=1S/C16H26N2O2/c1-19-11-13-4-6-18(7-5-13)10-16-8-14(12-20-16)9-17-15-2-3-15/h8,12-13,15,17H,2-7,9-11H2,1H3. The second-order valence-corrected chi connectivity index (χ2v) is 6.25. The molecular weight excluding hydrogens is 252 g/mol.